The molecule has 0 N–H and O–H groups in total. The smallest absolute Gasteiger partial charge is 0.198 e. The van der Waals surface area contributed by atoms with Crippen LogP contribution in [-0.2, 0) is 6.42 Å². The topological polar surface area (TPSA) is 26.0 Å². The van der Waals surface area contributed by atoms with Gasteiger partial charge in [-0.05, 0) is 37.0 Å². The zero-order chi connectivity index (χ0) is 10.3. The van der Waals surface area contributed by atoms with Crippen molar-refractivity contribution >= 4 is 11.1 Å². The van der Waals surface area contributed by atoms with Gasteiger partial charge >= 0.3 is 0 Å². The van der Waals surface area contributed by atoms with Crippen LogP contribution in [0.2, 0.25) is 0 Å². The molecule has 0 amide bonds. The Morgan fingerprint density at radius 2 is 2.27 bits per heavy atom. The van der Waals surface area contributed by atoms with Crippen LogP contribution in [0.15, 0.2) is 22.6 Å². The lowest BCUT2D eigenvalue weighted by atomic mass is 10.1. The van der Waals surface area contributed by atoms with Crippen molar-refractivity contribution < 1.29 is 4.42 Å². The molecule has 2 heteroatoms. The first-order chi connectivity index (χ1) is 7.36. The molecule has 1 aromatic carbocycles. The van der Waals surface area contributed by atoms with E-state index in [2.05, 4.69) is 30.1 Å². The molecule has 0 atom stereocenters. The molecule has 1 aliphatic carbocycles. The molecule has 78 valence electrons. The minimum atomic E-state index is 0.604. The normalized spacial score (nSPS) is 16.1. The number of aromatic nitrogens is 1. The number of rotatable bonds is 3. The van der Waals surface area contributed by atoms with E-state index in [1.54, 1.807) is 0 Å². The van der Waals surface area contributed by atoms with Crippen LogP contribution < -0.4 is 0 Å². The molecule has 0 radical (unpaired) electrons. The van der Waals surface area contributed by atoms with Crippen LogP contribution in [0.25, 0.3) is 11.1 Å². The van der Waals surface area contributed by atoms with Gasteiger partial charge in [-0.1, -0.05) is 19.4 Å². The summed E-state index contributed by atoms with van der Waals surface area (Å²) >= 11 is 0. The summed E-state index contributed by atoms with van der Waals surface area (Å²) in [5.41, 5.74) is 3.33. The third-order valence-corrected chi connectivity index (χ3v) is 2.93. The maximum Gasteiger partial charge on any atom is 0.198 e. The molecule has 0 spiro atoms. The summed E-state index contributed by atoms with van der Waals surface area (Å²) in [6, 6.07) is 6.36. The second-order valence-corrected chi connectivity index (χ2v) is 4.38. The second kappa shape index (κ2) is 3.37. The Hall–Kier alpha value is -1.31. The molecule has 0 bridgehead atoms. The van der Waals surface area contributed by atoms with E-state index in [0.717, 1.165) is 23.4 Å². The Labute approximate surface area is 89.3 Å². The molecule has 1 heterocycles. The SMILES string of the molecule is CCCc1ccc2oc(C3CC3)nc2c1. The van der Waals surface area contributed by atoms with E-state index in [-0.39, 0.29) is 0 Å². The van der Waals surface area contributed by atoms with Crippen molar-refractivity contribution in [3.63, 3.8) is 0 Å². The summed E-state index contributed by atoms with van der Waals surface area (Å²) in [6.45, 7) is 2.20. The van der Waals surface area contributed by atoms with E-state index in [0.29, 0.717) is 5.92 Å². The number of fused-ring (bicyclic) bond motifs is 1. The van der Waals surface area contributed by atoms with Gasteiger partial charge in [-0.25, -0.2) is 4.98 Å². The Morgan fingerprint density at radius 3 is 3.00 bits per heavy atom. The van der Waals surface area contributed by atoms with Gasteiger partial charge in [0.15, 0.2) is 11.5 Å². The van der Waals surface area contributed by atoms with Gasteiger partial charge < -0.3 is 4.42 Å². The Morgan fingerprint density at radius 1 is 1.40 bits per heavy atom. The van der Waals surface area contributed by atoms with E-state index < -0.39 is 0 Å². The van der Waals surface area contributed by atoms with Crippen LogP contribution in [0.5, 0.6) is 0 Å². The van der Waals surface area contributed by atoms with Crippen LogP contribution in [0, 0.1) is 0 Å². The minimum Gasteiger partial charge on any atom is -0.440 e. The first kappa shape index (κ1) is 8.96. The fraction of sp³-hybridized carbons (Fsp3) is 0.462. The summed E-state index contributed by atoms with van der Waals surface area (Å²) < 4.78 is 5.71. The Balaban J connectivity index is 2.02. The second-order valence-electron chi connectivity index (χ2n) is 4.38. The molecule has 0 saturated heterocycles. The standard InChI is InChI=1S/C13H15NO/c1-2-3-9-4-7-12-11(8-9)14-13(15-12)10-5-6-10/h4,7-8,10H,2-3,5-6H2,1H3. The van der Waals surface area contributed by atoms with Gasteiger partial charge in [-0.3, -0.25) is 0 Å². The van der Waals surface area contributed by atoms with Gasteiger partial charge in [-0.15, -0.1) is 0 Å². The fourth-order valence-electron chi connectivity index (χ4n) is 1.94. The summed E-state index contributed by atoms with van der Waals surface area (Å²) in [6.07, 6.45) is 4.80. The zero-order valence-electron chi connectivity index (χ0n) is 8.99. The predicted molar refractivity (Wildman–Crippen MR) is 60.0 cm³/mol. The van der Waals surface area contributed by atoms with Crippen molar-refractivity contribution in [1.29, 1.82) is 0 Å². The molecule has 1 saturated carbocycles. The lowest BCUT2D eigenvalue weighted by Gasteiger charge is -1.95. The number of aryl methyl sites for hydroxylation is 1. The van der Waals surface area contributed by atoms with E-state index in [4.69, 9.17) is 4.42 Å². The van der Waals surface area contributed by atoms with Gasteiger partial charge in [0.05, 0.1) is 0 Å². The van der Waals surface area contributed by atoms with Crippen molar-refractivity contribution in [3.8, 4) is 0 Å². The van der Waals surface area contributed by atoms with Gasteiger partial charge in [-0.2, -0.15) is 0 Å². The molecule has 1 aromatic heterocycles. The van der Waals surface area contributed by atoms with Gasteiger partial charge in [0, 0.05) is 5.92 Å². The average molecular weight is 201 g/mol. The van der Waals surface area contributed by atoms with Crippen LogP contribution >= 0.6 is 0 Å². The molecule has 2 nitrogen and oxygen atoms in total. The summed E-state index contributed by atoms with van der Waals surface area (Å²) in [5, 5.41) is 0. The van der Waals surface area contributed by atoms with Crippen molar-refractivity contribution in [2.45, 2.75) is 38.5 Å². The number of benzene rings is 1. The predicted octanol–water partition coefficient (Wildman–Crippen LogP) is 3.66. The minimum absolute atomic E-state index is 0.604. The Kier molecular flexibility index (Phi) is 2.01. The molecular weight excluding hydrogens is 186 g/mol. The van der Waals surface area contributed by atoms with Crippen molar-refractivity contribution in [2.75, 3.05) is 0 Å². The Bertz CT molecular complexity index is 482. The van der Waals surface area contributed by atoms with Crippen LogP contribution in [0.3, 0.4) is 0 Å². The first-order valence-electron chi connectivity index (χ1n) is 5.76. The van der Waals surface area contributed by atoms with Gasteiger partial charge in [0.25, 0.3) is 0 Å². The van der Waals surface area contributed by atoms with Gasteiger partial charge in [0.2, 0.25) is 0 Å². The lowest BCUT2D eigenvalue weighted by molar-refractivity contribution is 0.533. The van der Waals surface area contributed by atoms with Crippen molar-refractivity contribution in [2.24, 2.45) is 0 Å². The highest BCUT2D eigenvalue weighted by Gasteiger charge is 2.28. The summed E-state index contributed by atoms with van der Waals surface area (Å²) in [7, 11) is 0. The molecule has 3 rings (SSSR count). The van der Waals surface area contributed by atoms with Crippen molar-refractivity contribution in [1.82, 2.24) is 4.98 Å². The highest BCUT2D eigenvalue weighted by molar-refractivity contribution is 5.73. The number of nitrogens with zero attached hydrogens (tertiary/aromatic N) is 1. The van der Waals surface area contributed by atoms with E-state index in [1.807, 2.05) is 0 Å². The summed E-state index contributed by atoms with van der Waals surface area (Å²) in [5.74, 6) is 1.55. The summed E-state index contributed by atoms with van der Waals surface area (Å²) in [4.78, 5) is 4.55. The molecular formula is C13H15NO. The highest BCUT2D eigenvalue weighted by atomic mass is 16.3. The lowest BCUT2D eigenvalue weighted by Crippen LogP contribution is -1.82. The monoisotopic (exact) mass is 201 g/mol. The average Bonchev–Trinajstić information content (AvgIpc) is 2.99. The molecule has 1 fully saturated rings. The third-order valence-electron chi connectivity index (χ3n) is 2.93. The van der Waals surface area contributed by atoms with Crippen molar-refractivity contribution in [3.05, 3.63) is 29.7 Å². The number of hydrogen-bond donors (Lipinski definition) is 0. The maximum atomic E-state index is 5.71. The maximum absolute atomic E-state index is 5.71. The molecule has 15 heavy (non-hydrogen) atoms. The van der Waals surface area contributed by atoms with Crippen LogP contribution in [0.1, 0.15) is 43.6 Å². The zero-order valence-corrected chi connectivity index (χ0v) is 8.99. The number of oxazole rings is 1. The fourth-order valence-corrected chi connectivity index (χ4v) is 1.94. The van der Waals surface area contributed by atoms with Crippen LogP contribution in [0.4, 0.5) is 0 Å². The quantitative estimate of drug-likeness (QED) is 0.757. The van der Waals surface area contributed by atoms with Crippen LogP contribution in [-0.4, -0.2) is 4.98 Å². The highest BCUT2D eigenvalue weighted by Crippen LogP contribution is 2.40. The molecule has 0 aliphatic heterocycles. The third kappa shape index (κ3) is 1.65. The van der Waals surface area contributed by atoms with E-state index in [1.165, 1.54) is 24.8 Å². The number of hydrogen-bond acceptors (Lipinski definition) is 2. The van der Waals surface area contributed by atoms with E-state index in [9.17, 15) is 0 Å². The molecule has 2 aromatic rings. The molecule has 0 unspecified atom stereocenters. The van der Waals surface area contributed by atoms with E-state index >= 15 is 0 Å². The largest absolute Gasteiger partial charge is 0.440 e. The molecule has 1 aliphatic rings. The van der Waals surface area contributed by atoms with Gasteiger partial charge in [0.1, 0.15) is 5.52 Å². The first-order valence-corrected chi connectivity index (χ1v) is 5.76.